The molecule has 0 spiro atoms. The van der Waals surface area contributed by atoms with Gasteiger partial charge in [0.25, 0.3) is 0 Å². The average Bonchev–Trinajstić information content (AvgIpc) is 1.92. The zero-order chi connectivity index (χ0) is 10.8. The molecule has 0 heterocycles. The van der Waals surface area contributed by atoms with Crippen molar-refractivity contribution in [2.45, 2.75) is 0 Å². The van der Waals surface area contributed by atoms with Crippen molar-refractivity contribution in [3.63, 3.8) is 0 Å². The van der Waals surface area contributed by atoms with Gasteiger partial charge in [0, 0.05) is 0 Å². The van der Waals surface area contributed by atoms with E-state index in [9.17, 15) is 0 Å². The molecular weight excluding hydrogens is 291 g/mol. The van der Waals surface area contributed by atoms with Gasteiger partial charge in [0.05, 0.1) is 0 Å². The molecule has 0 rings (SSSR count). The largest absolute Gasteiger partial charge is 4.00 e. The molecule has 0 fully saturated rings. The quantitative estimate of drug-likeness (QED) is 0.503. The molecule has 0 aromatic carbocycles. The Labute approximate surface area is 133 Å². The Balaban J connectivity index is -0.00000000653. The summed E-state index contributed by atoms with van der Waals surface area (Å²) in [5, 5.41) is 11.0. The minimum Gasteiger partial charge on any atom is -0.358 e. The fourth-order valence-electron chi connectivity index (χ4n) is 0. The summed E-state index contributed by atoms with van der Waals surface area (Å²) in [5.74, 6) is 0. The van der Waals surface area contributed by atoms with Gasteiger partial charge in [-0.25, -0.2) is 0 Å². The molecule has 0 aromatic rings. The molecule has 0 aliphatic rings. The van der Waals surface area contributed by atoms with Crippen molar-refractivity contribution >= 4 is 0 Å². The van der Waals surface area contributed by atoms with Crippen LogP contribution in [0.5, 0.6) is 0 Å². The molecule has 0 radical (unpaired) electrons. The number of rotatable bonds is 0. The van der Waals surface area contributed by atoms with Crippen LogP contribution in [0.2, 0.25) is 0 Å². The normalized spacial score (nSPS) is 4.24. The zero-order valence-corrected chi connectivity index (χ0v) is 17.0. The van der Waals surface area contributed by atoms with Crippen LogP contribution in [-0.2, 0) is 26.2 Å². The SMILES string of the molecule is CNC.CNC.CNC.CNC.[CH3-].[CH3-].[CH3-].[CH3-].[Zr+4]. The summed E-state index contributed by atoms with van der Waals surface area (Å²) < 4.78 is 0. The van der Waals surface area contributed by atoms with Gasteiger partial charge in [-0.1, -0.05) is 0 Å². The van der Waals surface area contributed by atoms with Gasteiger partial charge in [-0.15, -0.1) is 0 Å². The molecule has 0 saturated carbocycles. The molecule has 0 amide bonds. The molecule has 112 valence electrons. The first kappa shape index (κ1) is 65.1. The van der Waals surface area contributed by atoms with Crippen LogP contribution in [0.1, 0.15) is 0 Å². The second-order valence-electron chi connectivity index (χ2n) is 2.00. The maximum absolute atomic E-state index is 2.75. The van der Waals surface area contributed by atoms with Crippen molar-refractivity contribution in [2.75, 3.05) is 56.4 Å². The Bertz CT molecular complexity index is 26.5. The molecule has 0 unspecified atom stereocenters. The van der Waals surface area contributed by atoms with Crippen LogP contribution < -0.4 is 21.3 Å². The van der Waals surface area contributed by atoms with Gasteiger partial charge in [0.15, 0.2) is 0 Å². The smallest absolute Gasteiger partial charge is 0.358 e. The fourth-order valence-corrected chi connectivity index (χ4v) is 0. The average molecular weight is 332 g/mol. The third-order valence-corrected chi connectivity index (χ3v) is 0. The number of hydrogen-bond acceptors (Lipinski definition) is 4. The van der Waals surface area contributed by atoms with Crippen LogP contribution >= 0.6 is 0 Å². The van der Waals surface area contributed by atoms with E-state index in [4.69, 9.17) is 0 Å². The van der Waals surface area contributed by atoms with Gasteiger partial charge in [0.1, 0.15) is 0 Å². The first-order valence-electron chi connectivity index (χ1n) is 4.00. The van der Waals surface area contributed by atoms with Crippen LogP contribution in [0.25, 0.3) is 0 Å². The predicted molar refractivity (Wildman–Crippen MR) is 85.6 cm³/mol. The summed E-state index contributed by atoms with van der Waals surface area (Å²) in [5.41, 5.74) is 0. The van der Waals surface area contributed by atoms with E-state index >= 15 is 0 Å². The van der Waals surface area contributed by atoms with Gasteiger partial charge in [0.2, 0.25) is 0 Å². The molecule has 5 heteroatoms. The van der Waals surface area contributed by atoms with E-state index in [1.54, 1.807) is 0 Å². The summed E-state index contributed by atoms with van der Waals surface area (Å²) >= 11 is 0. The van der Waals surface area contributed by atoms with E-state index < -0.39 is 0 Å². The van der Waals surface area contributed by atoms with Gasteiger partial charge >= 0.3 is 26.2 Å². The van der Waals surface area contributed by atoms with E-state index in [2.05, 4.69) is 21.3 Å². The standard InChI is InChI=1S/4C2H7N.4CH3.Zr/c4*1-3-2;;;;;/h4*3H,1-2H3;4*1H3;/q;;;;4*-1;+4. The van der Waals surface area contributed by atoms with E-state index in [0.717, 1.165) is 0 Å². The molecule has 17 heavy (non-hydrogen) atoms. The molecule has 4 N–H and O–H groups in total. The molecule has 4 nitrogen and oxygen atoms in total. The number of nitrogens with one attached hydrogen (secondary N) is 4. The van der Waals surface area contributed by atoms with Gasteiger partial charge in [-0.3, -0.25) is 0 Å². The topological polar surface area (TPSA) is 48.1 Å². The Morgan fingerprint density at radius 2 is 0.353 bits per heavy atom. The summed E-state index contributed by atoms with van der Waals surface area (Å²) in [6.07, 6.45) is 0. The Hall–Kier alpha value is 0.723. The Kier molecular flexibility index (Phi) is 710. The van der Waals surface area contributed by atoms with Crippen LogP contribution in [0.3, 0.4) is 0 Å². The minimum absolute atomic E-state index is 0. The van der Waals surface area contributed by atoms with Crippen molar-refractivity contribution in [1.29, 1.82) is 0 Å². The molecule has 0 aliphatic heterocycles. The number of hydrogen-bond donors (Lipinski definition) is 4. The third-order valence-electron chi connectivity index (χ3n) is 0. The van der Waals surface area contributed by atoms with Crippen LogP contribution in [0, 0.1) is 29.7 Å². The zero-order valence-electron chi connectivity index (χ0n) is 14.5. The van der Waals surface area contributed by atoms with E-state index in [0.29, 0.717) is 0 Å². The van der Waals surface area contributed by atoms with Gasteiger partial charge in [-0.2, -0.15) is 0 Å². The fraction of sp³-hybridized carbons (Fsp3) is 0.667. The van der Waals surface area contributed by atoms with Crippen molar-refractivity contribution in [3.8, 4) is 0 Å². The van der Waals surface area contributed by atoms with Crippen LogP contribution in [0.4, 0.5) is 0 Å². The third kappa shape index (κ3) is 6930. The van der Waals surface area contributed by atoms with E-state index in [1.165, 1.54) is 0 Å². The summed E-state index contributed by atoms with van der Waals surface area (Å²) in [6.45, 7) is 0. The molecule has 0 aromatic heterocycles. The van der Waals surface area contributed by atoms with Crippen LogP contribution in [-0.4, -0.2) is 56.4 Å². The second-order valence-corrected chi connectivity index (χ2v) is 2.00. The van der Waals surface area contributed by atoms with E-state index in [1.807, 2.05) is 56.4 Å². The van der Waals surface area contributed by atoms with Crippen molar-refractivity contribution < 1.29 is 26.2 Å². The minimum atomic E-state index is 0. The molecule has 0 bridgehead atoms. The van der Waals surface area contributed by atoms with Crippen molar-refractivity contribution in [1.82, 2.24) is 21.3 Å². The summed E-state index contributed by atoms with van der Waals surface area (Å²) in [7, 11) is 15.0. The maximum Gasteiger partial charge on any atom is 4.00 e. The Morgan fingerprint density at radius 1 is 0.353 bits per heavy atom. The van der Waals surface area contributed by atoms with Gasteiger partial charge in [-0.05, 0) is 56.4 Å². The summed E-state index contributed by atoms with van der Waals surface area (Å²) in [6, 6.07) is 0. The van der Waals surface area contributed by atoms with Crippen molar-refractivity contribution in [2.24, 2.45) is 0 Å². The first-order valence-corrected chi connectivity index (χ1v) is 4.00. The Morgan fingerprint density at radius 3 is 0.353 bits per heavy atom. The predicted octanol–water partition coefficient (Wildman–Crippen LogP) is 1.14. The van der Waals surface area contributed by atoms with Crippen molar-refractivity contribution in [3.05, 3.63) is 29.7 Å². The first-order chi connectivity index (χ1) is 5.66. The summed E-state index contributed by atoms with van der Waals surface area (Å²) in [4.78, 5) is 0. The molecular formula is C12H40N4Zr. The molecule has 0 aliphatic carbocycles. The van der Waals surface area contributed by atoms with E-state index in [-0.39, 0.29) is 55.9 Å². The monoisotopic (exact) mass is 330 g/mol. The maximum atomic E-state index is 2.75. The van der Waals surface area contributed by atoms with Gasteiger partial charge < -0.3 is 51.0 Å². The van der Waals surface area contributed by atoms with Crippen LogP contribution in [0.15, 0.2) is 0 Å². The second kappa shape index (κ2) is 185. The molecule has 0 atom stereocenters. The molecule has 0 saturated heterocycles.